The molecule has 2 aliphatic rings. The van der Waals surface area contributed by atoms with E-state index in [9.17, 15) is 14.4 Å². The molecule has 180 valence electrons. The van der Waals surface area contributed by atoms with E-state index >= 15 is 0 Å². The van der Waals surface area contributed by atoms with Gasteiger partial charge in [-0.1, -0.05) is 30.3 Å². The molecule has 1 N–H and O–H groups in total. The second-order valence-electron chi connectivity index (χ2n) is 9.10. The summed E-state index contributed by atoms with van der Waals surface area (Å²) in [5.74, 6) is -0.413. The Labute approximate surface area is 204 Å². The number of nitrogens with one attached hydrogen (secondary N) is 1. The SMILES string of the molecule is COC(=O)[C@H](Cc1ccccc1)NC(=O)N1CCC2(CCN(C(=O)/C=C/c3ccsc3)CC2)C1. The van der Waals surface area contributed by atoms with Crippen LogP contribution in [0.2, 0.25) is 0 Å². The predicted molar refractivity (Wildman–Crippen MR) is 132 cm³/mol. The summed E-state index contributed by atoms with van der Waals surface area (Å²) in [6.07, 6.45) is 6.55. The molecule has 1 atom stereocenters. The number of hydrogen-bond donors (Lipinski definition) is 1. The molecule has 0 aliphatic carbocycles. The highest BCUT2D eigenvalue weighted by Gasteiger charge is 2.43. The minimum Gasteiger partial charge on any atom is -0.467 e. The van der Waals surface area contributed by atoms with Crippen molar-refractivity contribution < 1.29 is 19.1 Å². The lowest BCUT2D eigenvalue weighted by Gasteiger charge is -2.39. The number of carbonyl (C=O) groups is 3. The van der Waals surface area contributed by atoms with E-state index in [1.807, 2.05) is 58.1 Å². The number of carbonyl (C=O) groups excluding carboxylic acids is 3. The molecule has 0 radical (unpaired) electrons. The monoisotopic (exact) mass is 481 g/mol. The predicted octanol–water partition coefficient (Wildman–Crippen LogP) is 3.57. The summed E-state index contributed by atoms with van der Waals surface area (Å²) in [7, 11) is 1.34. The third-order valence-electron chi connectivity index (χ3n) is 6.89. The zero-order valence-electron chi connectivity index (χ0n) is 19.4. The molecule has 0 saturated carbocycles. The van der Waals surface area contributed by atoms with Crippen LogP contribution in [0.15, 0.2) is 53.2 Å². The largest absolute Gasteiger partial charge is 0.467 e. The number of likely N-dealkylation sites (tertiary alicyclic amines) is 2. The van der Waals surface area contributed by atoms with Gasteiger partial charge in [-0.05, 0) is 58.7 Å². The second-order valence-corrected chi connectivity index (χ2v) is 9.88. The van der Waals surface area contributed by atoms with Gasteiger partial charge in [0.25, 0.3) is 0 Å². The smallest absolute Gasteiger partial charge is 0.328 e. The van der Waals surface area contributed by atoms with Crippen molar-refractivity contribution in [3.05, 3.63) is 64.4 Å². The number of amides is 3. The van der Waals surface area contributed by atoms with E-state index in [2.05, 4.69) is 5.32 Å². The van der Waals surface area contributed by atoms with Gasteiger partial charge in [0.15, 0.2) is 0 Å². The third-order valence-corrected chi connectivity index (χ3v) is 7.59. The van der Waals surface area contributed by atoms with Crippen LogP contribution in [0.4, 0.5) is 4.79 Å². The number of benzene rings is 1. The summed E-state index contributed by atoms with van der Waals surface area (Å²) in [6.45, 7) is 2.68. The molecule has 8 heteroatoms. The Morgan fingerprint density at radius 1 is 1.09 bits per heavy atom. The third kappa shape index (κ3) is 5.86. The molecule has 34 heavy (non-hydrogen) atoms. The summed E-state index contributed by atoms with van der Waals surface area (Å²) >= 11 is 1.61. The van der Waals surface area contributed by atoms with Crippen LogP contribution < -0.4 is 5.32 Å². The van der Waals surface area contributed by atoms with Crippen molar-refractivity contribution in [1.82, 2.24) is 15.1 Å². The Hall–Kier alpha value is -3.13. The van der Waals surface area contributed by atoms with Crippen LogP contribution in [0.1, 0.15) is 30.4 Å². The fraction of sp³-hybridized carbons (Fsp3) is 0.423. The highest BCUT2D eigenvalue weighted by atomic mass is 32.1. The summed E-state index contributed by atoms with van der Waals surface area (Å²) < 4.78 is 4.92. The van der Waals surface area contributed by atoms with Crippen molar-refractivity contribution in [2.45, 2.75) is 31.7 Å². The fourth-order valence-corrected chi connectivity index (χ4v) is 5.41. The van der Waals surface area contributed by atoms with Crippen molar-refractivity contribution in [3.8, 4) is 0 Å². The quantitative estimate of drug-likeness (QED) is 0.505. The maximum absolute atomic E-state index is 13.0. The first-order valence-electron chi connectivity index (χ1n) is 11.6. The van der Waals surface area contributed by atoms with Crippen molar-refractivity contribution >= 4 is 35.3 Å². The van der Waals surface area contributed by atoms with Crippen LogP contribution in [0, 0.1) is 5.41 Å². The van der Waals surface area contributed by atoms with Crippen LogP contribution in [0.25, 0.3) is 6.08 Å². The average molecular weight is 482 g/mol. The first-order chi connectivity index (χ1) is 16.5. The number of urea groups is 1. The number of methoxy groups -OCH3 is 1. The van der Waals surface area contributed by atoms with Gasteiger partial charge in [0.05, 0.1) is 7.11 Å². The molecular weight excluding hydrogens is 450 g/mol. The van der Waals surface area contributed by atoms with E-state index in [0.717, 1.165) is 30.4 Å². The van der Waals surface area contributed by atoms with Gasteiger partial charge in [0.1, 0.15) is 6.04 Å². The number of hydrogen-bond acceptors (Lipinski definition) is 5. The topological polar surface area (TPSA) is 79.0 Å². The van der Waals surface area contributed by atoms with Gasteiger partial charge in [-0.2, -0.15) is 11.3 Å². The van der Waals surface area contributed by atoms with Gasteiger partial charge < -0.3 is 19.9 Å². The average Bonchev–Trinajstić information content (AvgIpc) is 3.53. The number of nitrogens with zero attached hydrogens (tertiary/aromatic N) is 2. The number of ether oxygens (including phenoxy) is 1. The van der Waals surface area contributed by atoms with Crippen molar-refractivity contribution in [2.24, 2.45) is 5.41 Å². The van der Waals surface area contributed by atoms with Crippen LogP contribution in [0.5, 0.6) is 0 Å². The lowest BCUT2D eigenvalue weighted by Crippen LogP contribution is -2.50. The maximum Gasteiger partial charge on any atom is 0.328 e. The van der Waals surface area contributed by atoms with Crippen LogP contribution in [-0.4, -0.2) is 67.0 Å². The fourth-order valence-electron chi connectivity index (χ4n) is 4.79. The lowest BCUT2D eigenvalue weighted by molar-refractivity contribution is -0.142. The molecule has 1 spiro atoms. The van der Waals surface area contributed by atoms with E-state index in [-0.39, 0.29) is 17.4 Å². The zero-order chi connectivity index (χ0) is 24.0. The Morgan fingerprint density at radius 3 is 2.44 bits per heavy atom. The molecule has 3 amide bonds. The molecule has 1 aromatic heterocycles. The second kappa shape index (κ2) is 10.9. The summed E-state index contributed by atoms with van der Waals surface area (Å²) in [5.41, 5.74) is 2.04. The van der Waals surface area contributed by atoms with Gasteiger partial charge in [0.2, 0.25) is 5.91 Å². The summed E-state index contributed by atoms with van der Waals surface area (Å²) in [4.78, 5) is 41.5. The van der Waals surface area contributed by atoms with E-state index in [1.165, 1.54) is 7.11 Å². The highest BCUT2D eigenvalue weighted by Crippen LogP contribution is 2.40. The Kier molecular flexibility index (Phi) is 7.67. The summed E-state index contributed by atoms with van der Waals surface area (Å²) in [5, 5.41) is 6.88. The standard InChI is InChI=1S/C26H31N3O4S/c1-33-24(31)22(17-20-5-3-2-4-6-20)27-25(32)29-15-12-26(19-29)10-13-28(14-11-26)23(30)8-7-21-9-16-34-18-21/h2-9,16,18,22H,10-15,17,19H2,1H3,(H,27,32)/b8-7+/t22-/m0/s1. The van der Waals surface area contributed by atoms with Crippen LogP contribution in [0.3, 0.4) is 0 Å². The molecule has 0 unspecified atom stereocenters. The van der Waals surface area contributed by atoms with Crippen LogP contribution in [-0.2, 0) is 20.7 Å². The van der Waals surface area contributed by atoms with Gasteiger partial charge in [-0.15, -0.1) is 0 Å². The Bertz CT molecular complexity index is 1010. The maximum atomic E-state index is 13.0. The van der Waals surface area contributed by atoms with E-state index in [0.29, 0.717) is 32.6 Å². The molecule has 7 nitrogen and oxygen atoms in total. The number of piperidine rings is 1. The highest BCUT2D eigenvalue weighted by molar-refractivity contribution is 7.08. The minimum atomic E-state index is -0.731. The number of thiophene rings is 1. The van der Waals surface area contributed by atoms with Crippen molar-refractivity contribution in [2.75, 3.05) is 33.3 Å². The van der Waals surface area contributed by atoms with Gasteiger partial charge in [-0.3, -0.25) is 4.79 Å². The van der Waals surface area contributed by atoms with Crippen molar-refractivity contribution in [1.29, 1.82) is 0 Å². The van der Waals surface area contributed by atoms with E-state index < -0.39 is 12.0 Å². The summed E-state index contributed by atoms with van der Waals surface area (Å²) in [6, 6.07) is 10.6. The molecule has 2 fully saturated rings. The molecule has 2 saturated heterocycles. The lowest BCUT2D eigenvalue weighted by atomic mass is 9.78. The van der Waals surface area contributed by atoms with Gasteiger partial charge >= 0.3 is 12.0 Å². The van der Waals surface area contributed by atoms with E-state index in [4.69, 9.17) is 4.74 Å². The van der Waals surface area contributed by atoms with E-state index in [1.54, 1.807) is 22.3 Å². The molecular formula is C26H31N3O4S. The van der Waals surface area contributed by atoms with Gasteiger partial charge in [0, 0.05) is 38.7 Å². The minimum absolute atomic E-state index is 0.0331. The molecule has 4 rings (SSSR count). The Balaban J connectivity index is 1.29. The molecule has 3 heterocycles. The Morgan fingerprint density at radius 2 is 1.79 bits per heavy atom. The van der Waals surface area contributed by atoms with Crippen LogP contribution >= 0.6 is 11.3 Å². The number of esters is 1. The molecule has 2 aliphatic heterocycles. The number of rotatable bonds is 6. The first kappa shape index (κ1) is 24.0. The zero-order valence-corrected chi connectivity index (χ0v) is 20.3. The first-order valence-corrected chi connectivity index (χ1v) is 12.6. The van der Waals surface area contributed by atoms with Crippen molar-refractivity contribution in [3.63, 3.8) is 0 Å². The molecule has 2 aromatic rings. The molecule has 1 aromatic carbocycles. The normalized spacial score (nSPS) is 18.3. The molecule has 0 bridgehead atoms. The van der Waals surface area contributed by atoms with Gasteiger partial charge in [-0.25, -0.2) is 9.59 Å².